The molecule has 1 saturated carbocycles. The van der Waals surface area contributed by atoms with E-state index in [-0.39, 0.29) is 29.8 Å². The van der Waals surface area contributed by atoms with Crippen molar-refractivity contribution in [1.82, 2.24) is 4.90 Å². The van der Waals surface area contributed by atoms with E-state index in [2.05, 4.69) is 21.7 Å². The van der Waals surface area contributed by atoms with Gasteiger partial charge in [-0.15, -0.1) is 24.0 Å². The summed E-state index contributed by atoms with van der Waals surface area (Å²) in [6.07, 6.45) is 2.38. The summed E-state index contributed by atoms with van der Waals surface area (Å²) in [6.45, 7) is 5.73. The number of hydrogen-bond donors (Lipinski definition) is 1. The van der Waals surface area contributed by atoms with E-state index in [1.165, 1.54) is 25.0 Å². The summed E-state index contributed by atoms with van der Waals surface area (Å²) >= 11 is 0. The van der Waals surface area contributed by atoms with Gasteiger partial charge in [-0.05, 0) is 36.6 Å². The highest BCUT2D eigenvalue weighted by Gasteiger charge is 2.35. The third-order valence-corrected chi connectivity index (χ3v) is 4.50. The summed E-state index contributed by atoms with van der Waals surface area (Å²) in [6, 6.07) is 7.13. The van der Waals surface area contributed by atoms with Crippen molar-refractivity contribution in [2.75, 3.05) is 31.1 Å². The minimum Gasteiger partial charge on any atom is -0.370 e. The van der Waals surface area contributed by atoms with E-state index >= 15 is 0 Å². The molecule has 2 N–H and O–H groups in total. The Labute approximate surface area is 148 Å². The van der Waals surface area contributed by atoms with Crippen LogP contribution < -0.4 is 10.6 Å². The van der Waals surface area contributed by atoms with Gasteiger partial charge in [0.05, 0.1) is 6.04 Å². The number of halogens is 2. The first-order chi connectivity index (χ1) is 10.2. The summed E-state index contributed by atoms with van der Waals surface area (Å²) in [5, 5.41) is 0. The molecule has 2 fully saturated rings. The van der Waals surface area contributed by atoms with Crippen molar-refractivity contribution < 1.29 is 4.39 Å². The average molecular weight is 418 g/mol. The van der Waals surface area contributed by atoms with Crippen molar-refractivity contribution in [2.24, 2.45) is 16.6 Å². The molecule has 1 aromatic carbocycles. The van der Waals surface area contributed by atoms with Crippen LogP contribution in [0.5, 0.6) is 0 Å². The SMILES string of the molecule is CC[C@@H]1C[C@H]1N=C(N)N1CCN(c2ccc(F)cc2)CC1.I. The van der Waals surface area contributed by atoms with Crippen molar-refractivity contribution in [3.8, 4) is 0 Å². The second-order valence-electron chi connectivity index (χ2n) is 5.91. The molecule has 0 unspecified atom stereocenters. The highest BCUT2D eigenvalue weighted by Crippen LogP contribution is 2.36. The zero-order valence-electron chi connectivity index (χ0n) is 12.9. The van der Waals surface area contributed by atoms with Crippen LogP contribution in [0.25, 0.3) is 0 Å². The second-order valence-corrected chi connectivity index (χ2v) is 5.91. The van der Waals surface area contributed by atoms with Gasteiger partial charge in [0.2, 0.25) is 0 Å². The molecule has 1 saturated heterocycles. The number of hydrogen-bond acceptors (Lipinski definition) is 2. The number of anilines is 1. The van der Waals surface area contributed by atoms with Crippen LogP contribution in [0, 0.1) is 11.7 Å². The van der Waals surface area contributed by atoms with Crippen LogP contribution in [0.3, 0.4) is 0 Å². The van der Waals surface area contributed by atoms with Gasteiger partial charge in [-0.1, -0.05) is 13.3 Å². The summed E-state index contributed by atoms with van der Waals surface area (Å²) in [7, 11) is 0. The van der Waals surface area contributed by atoms with Crippen LogP contribution in [0.4, 0.5) is 10.1 Å². The summed E-state index contributed by atoms with van der Waals surface area (Å²) in [5.74, 6) is 1.24. The molecule has 6 heteroatoms. The highest BCUT2D eigenvalue weighted by atomic mass is 127. The number of nitrogens with two attached hydrogens (primary N) is 1. The molecule has 0 bridgehead atoms. The van der Waals surface area contributed by atoms with Crippen LogP contribution in [-0.4, -0.2) is 43.1 Å². The summed E-state index contributed by atoms with van der Waals surface area (Å²) in [4.78, 5) is 9.04. The Morgan fingerprint density at radius 1 is 1.23 bits per heavy atom. The highest BCUT2D eigenvalue weighted by molar-refractivity contribution is 14.0. The molecule has 22 heavy (non-hydrogen) atoms. The number of aliphatic imine (C=N–C) groups is 1. The molecule has 1 heterocycles. The molecule has 1 aromatic rings. The van der Waals surface area contributed by atoms with Gasteiger partial charge in [-0.2, -0.15) is 0 Å². The standard InChI is InChI=1S/C16H23FN4.HI/c1-2-12-11-15(12)19-16(18)21-9-7-20(8-10-21)14-5-3-13(17)4-6-14;/h3-6,12,15H,2,7-11H2,1H3,(H2,18,19);1H/t12-,15-;/m1./s1. The van der Waals surface area contributed by atoms with E-state index in [4.69, 9.17) is 5.73 Å². The Morgan fingerprint density at radius 3 is 2.41 bits per heavy atom. The van der Waals surface area contributed by atoms with E-state index in [0.717, 1.165) is 37.8 Å². The molecule has 122 valence electrons. The fourth-order valence-electron chi connectivity index (χ4n) is 2.93. The van der Waals surface area contributed by atoms with Crippen LogP contribution >= 0.6 is 24.0 Å². The van der Waals surface area contributed by atoms with Gasteiger partial charge in [0.1, 0.15) is 5.82 Å². The monoisotopic (exact) mass is 418 g/mol. The fourth-order valence-corrected chi connectivity index (χ4v) is 2.93. The zero-order chi connectivity index (χ0) is 14.8. The predicted octanol–water partition coefficient (Wildman–Crippen LogP) is 2.68. The number of rotatable bonds is 3. The lowest BCUT2D eigenvalue weighted by Crippen LogP contribution is -2.51. The maximum atomic E-state index is 13.0. The van der Waals surface area contributed by atoms with Crippen molar-refractivity contribution >= 4 is 35.6 Å². The van der Waals surface area contributed by atoms with Crippen LogP contribution in [-0.2, 0) is 0 Å². The normalized spacial score (nSPS) is 24.9. The molecule has 2 aliphatic rings. The van der Waals surface area contributed by atoms with Crippen molar-refractivity contribution in [2.45, 2.75) is 25.8 Å². The maximum absolute atomic E-state index is 13.0. The molecule has 4 nitrogen and oxygen atoms in total. The number of piperazine rings is 1. The van der Waals surface area contributed by atoms with E-state index in [1.54, 1.807) is 0 Å². The molecule has 0 aromatic heterocycles. The molecule has 2 atom stereocenters. The molecular weight excluding hydrogens is 394 g/mol. The topological polar surface area (TPSA) is 44.9 Å². The van der Waals surface area contributed by atoms with Gasteiger partial charge in [0, 0.05) is 31.9 Å². The largest absolute Gasteiger partial charge is 0.370 e. The molecule has 1 aliphatic carbocycles. The fraction of sp³-hybridized carbons (Fsp3) is 0.562. The minimum absolute atomic E-state index is 0. The van der Waals surface area contributed by atoms with Crippen molar-refractivity contribution in [3.05, 3.63) is 30.1 Å². The van der Waals surface area contributed by atoms with Gasteiger partial charge < -0.3 is 15.5 Å². The number of nitrogens with zero attached hydrogens (tertiary/aromatic N) is 3. The second kappa shape index (κ2) is 7.48. The third kappa shape index (κ3) is 4.02. The van der Waals surface area contributed by atoms with E-state index < -0.39 is 0 Å². The Hall–Kier alpha value is -1.05. The third-order valence-electron chi connectivity index (χ3n) is 4.50. The van der Waals surface area contributed by atoms with Crippen LogP contribution in [0.2, 0.25) is 0 Å². The Balaban J connectivity index is 0.00000176. The van der Waals surface area contributed by atoms with E-state index in [9.17, 15) is 4.39 Å². The molecular formula is C16H24FIN4. The minimum atomic E-state index is -0.191. The number of benzene rings is 1. The molecule has 0 amide bonds. The Bertz CT molecular complexity index is 511. The van der Waals surface area contributed by atoms with Gasteiger partial charge in [-0.25, -0.2) is 9.38 Å². The average Bonchev–Trinajstić information content (AvgIpc) is 3.26. The summed E-state index contributed by atoms with van der Waals surface area (Å²) < 4.78 is 13.0. The first-order valence-corrected chi connectivity index (χ1v) is 7.76. The lowest BCUT2D eigenvalue weighted by Gasteiger charge is -2.36. The van der Waals surface area contributed by atoms with Gasteiger partial charge >= 0.3 is 0 Å². The van der Waals surface area contributed by atoms with Crippen molar-refractivity contribution in [3.63, 3.8) is 0 Å². The molecule has 1 aliphatic heterocycles. The first kappa shape index (κ1) is 17.3. The molecule has 3 rings (SSSR count). The first-order valence-electron chi connectivity index (χ1n) is 7.76. The predicted molar refractivity (Wildman–Crippen MR) is 99.4 cm³/mol. The van der Waals surface area contributed by atoms with Crippen LogP contribution in [0.1, 0.15) is 19.8 Å². The lowest BCUT2D eigenvalue weighted by atomic mass is 10.2. The van der Waals surface area contributed by atoms with Gasteiger partial charge in [0.25, 0.3) is 0 Å². The Morgan fingerprint density at radius 2 is 1.86 bits per heavy atom. The van der Waals surface area contributed by atoms with E-state index in [0.29, 0.717) is 12.0 Å². The molecule has 0 spiro atoms. The quantitative estimate of drug-likeness (QED) is 0.467. The van der Waals surface area contributed by atoms with Crippen LogP contribution in [0.15, 0.2) is 29.3 Å². The van der Waals surface area contributed by atoms with Gasteiger partial charge in [-0.3, -0.25) is 0 Å². The molecule has 0 radical (unpaired) electrons. The van der Waals surface area contributed by atoms with Crippen molar-refractivity contribution in [1.29, 1.82) is 0 Å². The summed E-state index contributed by atoms with van der Waals surface area (Å²) in [5.41, 5.74) is 7.19. The zero-order valence-corrected chi connectivity index (χ0v) is 15.2. The Kier molecular flexibility index (Phi) is 5.88. The van der Waals surface area contributed by atoms with Gasteiger partial charge in [0.15, 0.2) is 5.96 Å². The lowest BCUT2D eigenvalue weighted by molar-refractivity contribution is 0.380. The van der Waals surface area contributed by atoms with E-state index in [1.807, 2.05) is 12.1 Å². The number of guanidine groups is 1. The maximum Gasteiger partial charge on any atom is 0.191 e. The smallest absolute Gasteiger partial charge is 0.191 e.